The van der Waals surface area contributed by atoms with E-state index in [1.54, 1.807) is 0 Å². The van der Waals surface area contributed by atoms with Gasteiger partial charge in [0.1, 0.15) is 6.61 Å². The van der Waals surface area contributed by atoms with Gasteiger partial charge in [0.2, 0.25) is 0 Å². The number of esters is 2. The summed E-state index contributed by atoms with van der Waals surface area (Å²) in [5.41, 5.74) is 0. The van der Waals surface area contributed by atoms with Gasteiger partial charge in [-0.25, -0.2) is 4.57 Å². The van der Waals surface area contributed by atoms with E-state index in [0.29, 0.717) is 6.42 Å². The fourth-order valence-corrected chi connectivity index (χ4v) is 5.78. The molecule has 0 rings (SSSR count). The first-order chi connectivity index (χ1) is 24.3. The predicted octanol–water partition coefficient (Wildman–Crippen LogP) is 12.0. The van der Waals surface area contributed by atoms with E-state index in [0.717, 1.165) is 70.6 Å². The number of ether oxygens (including phenoxy) is 2. The minimum absolute atomic E-state index is 0.202. The molecule has 0 heterocycles. The van der Waals surface area contributed by atoms with Crippen molar-refractivity contribution in [2.45, 2.75) is 187 Å². The van der Waals surface area contributed by atoms with Crippen LogP contribution in [0.1, 0.15) is 181 Å². The smallest absolute Gasteiger partial charge is 0.462 e. The Labute approximate surface area is 305 Å². The molecule has 0 amide bonds. The van der Waals surface area contributed by atoms with Crippen molar-refractivity contribution in [2.75, 3.05) is 13.2 Å². The molecule has 0 aliphatic carbocycles. The largest absolute Gasteiger partial charge is 0.469 e. The lowest BCUT2D eigenvalue weighted by Crippen LogP contribution is -2.29. The molecule has 1 unspecified atom stereocenters. The Bertz CT molecular complexity index is 952. The molecule has 2 N–H and O–H groups in total. The summed E-state index contributed by atoms with van der Waals surface area (Å²) >= 11 is 0. The quantitative estimate of drug-likeness (QED) is 0.0284. The van der Waals surface area contributed by atoms with E-state index in [2.05, 4.69) is 67.0 Å². The molecule has 290 valence electrons. The molecular weight excluding hydrogens is 651 g/mol. The fourth-order valence-electron chi connectivity index (χ4n) is 5.42. The molecule has 8 nitrogen and oxygen atoms in total. The maximum absolute atomic E-state index is 12.4. The van der Waals surface area contributed by atoms with E-state index in [9.17, 15) is 14.2 Å². The number of carbonyl (C=O) groups excluding carboxylic acids is 2. The van der Waals surface area contributed by atoms with Gasteiger partial charge in [-0.05, 0) is 51.4 Å². The lowest BCUT2D eigenvalue weighted by atomic mass is 10.1. The number of unbranched alkanes of at least 4 members (excludes halogenated alkanes) is 18. The van der Waals surface area contributed by atoms with Gasteiger partial charge in [-0.1, -0.05) is 165 Å². The third-order valence-corrected chi connectivity index (χ3v) is 8.85. The van der Waals surface area contributed by atoms with Gasteiger partial charge >= 0.3 is 19.8 Å². The molecule has 50 heavy (non-hydrogen) atoms. The van der Waals surface area contributed by atoms with Crippen molar-refractivity contribution in [3.63, 3.8) is 0 Å². The first kappa shape index (κ1) is 48.0. The summed E-state index contributed by atoms with van der Waals surface area (Å²) in [7, 11) is -4.75. The highest BCUT2D eigenvalue weighted by Gasteiger charge is 2.22. The van der Waals surface area contributed by atoms with E-state index in [1.807, 2.05) is 0 Å². The van der Waals surface area contributed by atoms with Crippen molar-refractivity contribution in [3.8, 4) is 0 Å². The van der Waals surface area contributed by atoms with E-state index in [4.69, 9.17) is 19.3 Å². The van der Waals surface area contributed by atoms with Crippen molar-refractivity contribution < 1.29 is 37.9 Å². The predicted molar refractivity (Wildman–Crippen MR) is 207 cm³/mol. The monoisotopic (exact) mass is 725 g/mol. The molecule has 0 radical (unpaired) electrons. The van der Waals surface area contributed by atoms with E-state index in [-0.39, 0.29) is 19.4 Å². The van der Waals surface area contributed by atoms with Crippen molar-refractivity contribution in [1.82, 2.24) is 0 Å². The van der Waals surface area contributed by atoms with Crippen LogP contribution < -0.4 is 0 Å². The van der Waals surface area contributed by atoms with E-state index >= 15 is 0 Å². The average molecular weight is 725 g/mol. The Balaban J connectivity index is 3.93. The van der Waals surface area contributed by atoms with Gasteiger partial charge in [0.25, 0.3) is 0 Å². The number of phosphoric ester groups is 1. The summed E-state index contributed by atoms with van der Waals surface area (Å²) in [6.45, 7) is 3.55. The molecule has 0 aromatic heterocycles. The molecule has 0 aromatic carbocycles. The highest BCUT2D eigenvalue weighted by Crippen LogP contribution is 2.36. The van der Waals surface area contributed by atoms with Gasteiger partial charge in [-0.2, -0.15) is 0 Å². The zero-order valence-electron chi connectivity index (χ0n) is 31.8. The summed E-state index contributed by atoms with van der Waals surface area (Å²) in [6.07, 6.45) is 44.0. The summed E-state index contributed by atoms with van der Waals surface area (Å²) in [5.74, 6) is -0.894. The van der Waals surface area contributed by atoms with Gasteiger partial charge in [0, 0.05) is 12.8 Å². The first-order valence-corrected chi connectivity index (χ1v) is 21.5. The SMILES string of the molecule is CC/C=C\C/C=C\C/C=C\C/C=C\CCCCCCCCCCC(=O)OC(COC(=O)CCCCCCCCCCCCC)COP(=O)(O)O. The molecule has 0 saturated heterocycles. The second kappa shape index (κ2) is 36.8. The topological polar surface area (TPSA) is 119 Å². The zero-order valence-corrected chi connectivity index (χ0v) is 32.7. The number of hydrogen-bond acceptors (Lipinski definition) is 6. The minimum atomic E-state index is -4.75. The molecule has 0 aromatic rings. The van der Waals surface area contributed by atoms with Gasteiger partial charge in [0.05, 0.1) is 6.61 Å². The van der Waals surface area contributed by atoms with Gasteiger partial charge < -0.3 is 19.3 Å². The van der Waals surface area contributed by atoms with Crippen LogP contribution >= 0.6 is 7.82 Å². The fraction of sp³-hybridized carbons (Fsp3) is 0.756. The summed E-state index contributed by atoms with van der Waals surface area (Å²) < 4.78 is 26.3. The minimum Gasteiger partial charge on any atom is -0.462 e. The van der Waals surface area contributed by atoms with Crippen LogP contribution in [0.2, 0.25) is 0 Å². The van der Waals surface area contributed by atoms with E-state index in [1.165, 1.54) is 77.0 Å². The Kier molecular flexibility index (Phi) is 35.3. The van der Waals surface area contributed by atoms with Crippen LogP contribution in [-0.2, 0) is 28.2 Å². The van der Waals surface area contributed by atoms with Crippen LogP contribution in [0.25, 0.3) is 0 Å². The highest BCUT2D eigenvalue weighted by molar-refractivity contribution is 7.46. The van der Waals surface area contributed by atoms with Gasteiger partial charge in [-0.15, -0.1) is 0 Å². The third-order valence-electron chi connectivity index (χ3n) is 8.36. The second-order valence-electron chi connectivity index (χ2n) is 13.2. The maximum Gasteiger partial charge on any atom is 0.469 e. The maximum atomic E-state index is 12.4. The number of allylic oxidation sites excluding steroid dienone is 8. The third kappa shape index (κ3) is 38.8. The van der Waals surface area contributed by atoms with E-state index < -0.39 is 32.5 Å². The molecule has 0 fully saturated rings. The van der Waals surface area contributed by atoms with Gasteiger partial charge in [-0.3, -0.25) is 14.1 Å². The Morgan fingerprint density at radius 1 is 0.540 bits per heavy atom. The van der Waals surface area contributed by atoms with Crippen LogP contribution in [0.15, 0.2) is 48.6 Å². The Morgan fingerprint density at radius 2 is 0.960 bits per heavy atom. The van der Waals surface area contributed by atoms with Gasteiger partial charge in [0.15, 0.2) is 6.10 Å². The zero-order chi connectivity index (χ0) is 36.8. The molecule has 9 heteroatoms. The molecule has 0 saturated carbocycles. The summed E-state index contributed by atoms with van der Waals surface area (Å²) in [6, 6.07) is 0. The normalized spacial score (nSPS) is 13.0. The van der Waals surface area contributed by atoms with Crippen LogP contribution in [-0.4, -0.2) is 41.0 Å². The summed E-state index contributed by atoms with van der Waals surface area (Å²) in [4.78, 5) is 42.7. The Morgan fingerprint density at radius 3 is 1.44 bits per heavy atom. The van der Waals surface area contributed by atoms with Crippen molar-refractivity contribution in [3.05, 3.63) is 48.6 Å². The van der Waals surface area contributed by atoms with Crippen molar-refractivity contribution in [2.24, 2.45) is 0 Å². The number of phosphoric acid groups is 1. The van der Waals surface area contributed by atoms with Crippen molar-refractivity contribution in [1.29, 1.82) is 0 Å². The van der Waals surface area contributed by atoms with Crippen LogP contribution in [0.4, 0.5) is 0 Å². The second-order valence-corrected chi connectivity index (χ2v) is 14.5. The number of hydrogen-bond donors (Lipinski definition) is 2. The van der Waals surface area contributed by atoms with Crippen molar-refractivity contribution >= 4 is 19.8 Å². The van der Waals surface area contributed by atoms with Crippen LogP contribution in [0.5, 0.6) is 0 Å². The first-order valence-electron chi connectivity index (χ1n) is 19.9. The Hall–Kier alpha value is -1.99. The molecule has 1 atom stereocenters. The highest BCUT2D eigenvalue weighted by atomic mass is 31.2. The lowest BCUT2D eigenvalue weighted by molar-refractivity contribution is -0.161. The molecule has 0 bridgehead atoms. The average Bonchev–Trinajstić information content (AvgIpc) is 3.08. The number of carbonyl (C=O) groups is 2. The van der Waals surface area contributed by atoms with Crippen LogP contribution in [0, 0.1) is 0 Å². The standard InChI is InChI=1S/C41H73O8P/c1-3-5-7-9-11-13-15-16-17-18-19-20-21-22-23-24-26-28-30-32-34-36-41(43)49-39(38-48-50(44,45)46)37-47-40(42)35-33-31-29-27-25-14-12-10-8-6-4-2/h5,7,11,13,16-17,19-20,39H,3-4,6,8-10,12,14-15,18,21-38H2,1-2H3,(H2,44,45,46)/b7-5-,13-11-,17-16-,20-19-. The lowest BCUT2D eigenvalue weighted by Gasteiger charge is -2.18. The molecule has 0 aliphatic heterocycles. The van der Waals surface area contributed by atoms with Crippen LogP contribution in [0.3, 0.4) is 0 Å². The summed E-state index contributed by atoms with van der Waals surface area (Å²) in [5, 5.41) is 0. The molecular formula is C41H73O8P. The number of rotatable bonds is 36. The molecule has 0 spiro atoms. The molecule has 0 aliphatic rings.